The van der Waals surface area contributed by atoms with Gasteiger partial charge in [0, 0.05) is 42.8 Å². The highest BCUT2D eigenvalue weighted by atomic mass is 16.5. The van der Waals surface area contributed by atoms with E-state index in [1.54, 1.807) is 19.4 Å². The van der Waals surface area contributed by atoms with Crippen LogP contribution in [0.5, 0.6) is 11.5 Å². The summed E-state index contributed by atoms with van der Waals surface area (Å²) in [5.41, 5.74) is 4.64. The number of fused-ring (bicyclic) bond motifs is 1. The van der Waals surface area contributed by atoms with Crippen molar-refractivity contribution in [3.8, 4) is 40.0 Å². The van der Waals surface area contributed by atoms with Gasteiger partial charge in [0.1, 0.15) is 34.9 Å². The SMILES string of the molecule is CCCC1COCCN1C(=O)c1ccc(-c2cc3nccc(-c4ccc(OC5CCOCC5)c(C#N)c4)c3o2)c(OC)c1. The summed E-state index contributed by atoms with van der Waals surface area (Å²) in [5.74, 6) is 1.65. The zero-order valence-electron chi connectivity index (χ0n) is 24.5. The Morgan fingerprint density at radius 1 is 1.05 bits per heavy atom. The first-order chi connectivity index (χ1) is 21.1. The van der Waals surface area contributed by atoms with E-state index in [0.717, 1.165) is 36.8 Å². The van der Waals surface area contributed by atoms with Crippen molar-refractivity contribution >= 4 is 17.0 Å². The molecule has 1 unspecified atom stereocenters. The molecule has 43 heavy (non-hydrogen) atoms. The van der Waals surface area contributed by atoms with Gasteiger partial charge in [0.2, 0.25) is 0 Å². The average Bonchev–Trinajstić information content (AvgIpc) is 3.50. The molecular formula is C34H35N3O6. The zero-order chi connectivity index (χ0) is 29.8. The van der Waals surface area contributed by atoms with Crippen LogP contribution in [0.4, 0.5) is 0 Å². The Labute approximate surface area is 250 Å². The summed E-state index contributed by atoms with van der Waals surface area (Å²) in [6.45, 7) is 5.11. The van der Waals surface area contributed by atoms with Crippen molar-refractivity contribution in [3.63, 3.8) is 0 Å². The van der Waals surface area contributed by atoms with Crippen molar-refractivity contribution in [1.29, 1.82) is 5.26 Å². The number of benzene rings is 2. The number of furan rings is 1. The van der Waals surface area contributed by atoms with Crippen LogP contribution >= 0.6 is 0 Å². The summed E-state index contributed by atoms with van der Waals surface area (Å²) in [4.78, 5) is 19.9. The van der Waals surface area contributed by atoms with E-state index in [9.17, 15) is 10.1 Å². The molecule has 2 aromatic heterocycles. The molecule has 0 bridgehead atoms. The van der Waals surface area contributed by atoms with Crippen LogP contribution < -0.4 is 9.47 Å². The quantitative estimate of drug-likeness (QED) is 0.241. The smallest absolute Gasteiger partial charge is 0.254 e. The molecule has 222 valence electrons. The van der Waals surface area contributed by atoms with Crippen LogP contribution in [0.15, 0.2) is 59.1 Å². The molecule has 9 heteroatoms. The molecule has 2 aliphatic rings. The lowest BCUT2D eigenvalue weighted by atomic mass is 10.0. The highest BCUT2D eigenvalue weighted by Gasteiger charge is 2.28. The molecule has 1 atom stereocenters. The molecule has 0 saturated carbocycles. The van der Waals surface area contributed by atoms with E-state index in [1.807, 2.05) is 47.4 Å². The molecule has 0 N–H and O–H groups in total. The Bertz CT molecular complexity index is 1650. The molecule has 6 rings (SSSR count). The minimum atomic E-state index is -0.0299. The fourth-order valence-corrected chi connectivity index (χ4v) is 5.85. The minimum Gasteiger partial charge on any atom is -0.496 e. The third-order valence-corrected chi connectivity index (χ3v) is 8.11. The van der Waals surface area contributed by atoms with Gasteiger partial charge in [0.15, 0.2) is 5.58 Å². The second-order valence-corrected chi connectivity index (χ2v) is 10.9. The second kappa shape index (κ2) is 12.9. The van der Waals surface area contributed by atoms with Gasteiger partial charge >= 0.3 is 0 Å². The molecule has 0 spiro atoms. The van der Waals surface area contributed by atoms with Crippen molar-refractivity contribution in [2.24, 2.45) is 0 Å². The Hall–Kier alpha value is -4.39. The summed E-state index contributed by atoms with van der Waals surface area (Å²) in [6.07, 6.45) is 5.25. The van der Waals surface area contributed by atoms with Gasteiger partial charge < -0.3 is 28.3 Å². The van der Waals surface area contributed by atoms with Crippen LogP contribution in [-0.4, -0.2) is 68.0 Å². The fraction of sp³-hybridized carbons (Fsp3) is 0.382. The molecule has 4 aromatic rings. The van der Waals surface area contributed by atoms with E-state index in [0.29, 0.717) is 78.0 Å². The summed E-state index contributed by atoms with van der Waals surface area (Å²) in [6, 6.07) is 17.1. The molecule has 2 aromatic carbocycles. The normalized spacial score (nSPS) is 17.5. The molecule has 2 saturated heterocycles. The van der Waals surface area contributed by atoms with Crippen molar-refractivity contribution < 1.29 is 28.2 Å². The predicted molar refractivity (Wildman–Crippen MR) is 161 cm³/mol. The van der Waals surface area contributed by atoms with Crippen LogP contribution in [-0.2, 0) is 9.47 Å². The van der Waals surface area contributed by atoms with Gasteiger partial charge in [0.25, 0.3) is 5.91 Å². The number of hydrogen-bond acceptors (Lipinski definition) is 8. The molecule has 0 radical (unpaired) electrons. The number of nitriles is 1. The minimum absolute atomic E-state index is 0.0299. The Balaban J connectivity index is 1.30. The van der Waals surface area contributed by atoms with Gasteiger partial charge in [-0.05, 0) is 48.4 Å². The number of carbonyl (C=O) groups excluding carboxylic acids is 1. The average molecular weight is 582 g/mol. The van der Waals surface area contributed by atoms with E-state index in [1.165, 1.54) is 0 Å². The highest BCUT2D eigenvalue weighted by molar-refractivity contribution is 5.97. The highest BCUT2D eigenvalue weighted by Crippen LogP contribution is 2.39. The van der Waals surface area contributed by atoms with Crippen molar-refractivity contribution in [2.75, 3.05) is 40.1 Å². The largest absolute Gasteiger partial charge is 0.496 e. The molecule has 4 heterocycles. The van der Waals surface area contributed by atoms with E-state index >= 15 is 0 Å². The fourth-order valence-electron chi connectivity index (χ4n) is 5.85. The zero-order valence-corrected chi connectivity index (χ0v) is 24.5. The Morgan fingerprint density at radius 2 is 1.91 bits per heavy atom. The van der Waals surface area contributed by atoms with Gasteiger partial charge in [-0.1, -0.05) is 19.4 Å². The van der Waals surface area contributed by atoms with Gasteiger partial charge in [0.05, 0.1) is 50.7 Å². The number of carbonyl (C=O) groups is 1. The number of ether oxygens (including phenoxy) is 4. The van der Waals surface area contributed by atoms with Crippen molar-refractivity contribution in [2.45, 2.75) is 44.8 Å². The van der Waals surface area contributed by atoms with E-state index in [2.05, 4.69) is 18.0 Å². The van der Waals surface area contributed by atoms with Gasteiger partial charge in [-0.25, -0.2) is 0 Å². The number of pyridine rings is 1. The van der Waals surface area contributed by atoms with E-state index in [-0.39, 0.29) is 18.1 Å². The number of rotatable bonds is 8. The number of nitrogens with zero attached hydrogens (tertiary/aromatic N) is 3. The van der Waals surface area contributed by atoms with Crippen LogP contribution in [0, 0.1) is 11.3 Å². The summed E-state index contributed by atoms with van der Waals surface area (Å²) >= 11 is 0. The maximum atomic E-state index is 13.5. The number of hydrogen-bond donors (Lipinski definition) is 0. The number of methoxy groups -OCH3 is 1. The Kier molecular flexibility index (Phi) is 8.59. The lowest BCUT2D eigenvalue weighted by Crippen LogP contribution is -2.48. The molecule has 2 fully saturated rings. The number of morpholine rings is 1. The topological polar surface area (TPSA) is 107 Å². The Morgan fingerprint density at radius 3 is 2.70 bits per heavy atom. The van der Waals surface area contributed by atoms with Crippen molar-refractivity contribution in [3.05, 3.63) is 65.9 Å². The third kappa shape index (κ3) is 5.94. The first-order valence-electron chi connectivity index (χ1n) is 14.8. The molecule has 1 amide bonds. The first kappa shape index (κ1) is 28.7. The third-order valence-electron chi connectivity index (χ3n) is 8.11. The number of aromatic nitrogens is 1. The summed E-state index contributed by atoms with van der Waals surface area (Å²) in [5, 5.41) is 9.89. The summed E-state index contributed by atoms with van der Waals surface area (Å²) < 4.78 is 29.3. The molecule has 2 aliphatic heterocycles. The monoisotopic (exact) mass is 581 g/mol. The molecular weight excluding hydrogens is 546 g/mol. The standard InChI is InChI=1S/C34H35N3O6/c1-3-4-25-21-41-16-13-37(25)34(38)23-5-7-28(31(18-23)39-2)32-19-29-33(43-32)27(9-12-36-29)22-6-8-30(24(17-22)20-35)42-26-10-14-40-15-11-26/h5-9,12,17-19,25-26H,3-4,10-11,13-16,21H2,1-2H3. The predicted octanol–water partition coefficient (Wildman–Crippen LogP) is 6.24. The van der Waals surface area contributed by atoms with Crippen LogP contribution in [0.1, 0.15) is 48.5 Å². The maximum absolute atomic E-state index is 13.5. The maximum Gasteiger partial charge on any atom is 0.254 e. The lowest BCUT2D eigenvalue weighted by Gasteiger charge is -2.35. The number of amides is 1. The van der Waals surface area contributed by atoms with Crippen molar-refractivity contribution in [1.82, 2.24) is 9.88 Å². The van der Waals surface area contributed by atoms with E-state index in [4.69, 9.17) is 23.4 Å². The van der Waals surface area contributed by atoms with Crippen LogP contribution in [0.3, 0.4) is 0 Å². The van der Waals surface area contributed by atoms with E-state index < -0.39 is 0 Å². The van der Waals surface area contributed by atoms with Gasteiger partial charge in [-0.15, -0.1) is 0 Å². The second-order valence-electron chi connectivity index (χ2n) is 10.9. The van der Waals surface area contributed by atoms with Gasteiger partial charge in [-0.3, -0.25) is 9.78 Å². The van der Waals surface area contributed by atoms with Gasteiger partial charge in [-0.2, -0.15) is 5.26 Å². The van der Waals surface area contributed by atoms with Crippen LogP contribution in [0.25, 0.3) is 33.6 Å². The molecule has 9 nitrogen and oxygen atoms in total. The molecule has 0 aliphatic carbocycles. The first-order valence-corrected chi connectivity index (χ1v) is 14.8. The lowest BCUT2D eigenvalue weighted by molar-refractivity contribution is -0.00434. The summed E-state index contributed by atoms with van der Waals surface area (Å²) in [7, 11) is 1.58. The van der Waals surface area contributed by atoms with Crippen LogP contribution in [0.2, 0.25) is 0 Å².